The predicted molar refractivity (Wildman–Crippen MR) is 206 cm³/mol. The second-order valence-corrected chi connectivity index (χ2v) is 22.0. The van der Waals surface area contributed by atoms with Crippen LogP contribution in [0.3, 0.4) is 0 Å². The molecule has 5 amide bonds. The molecule has 5 saturated carbocycles. The molecular weight excluding hydrogens is 691 g/mol. The molecule has 12 heteroatoms. The third-order valence-electron chi connectivity index (χ3n) is 14.2. The minimum absolute atomic E-state index is 0.0411. The van der Waals surface area contributed by atoms with E-state index in [-0.39, 0.29) is 53.2 Å². The molecule has 0 bridgehead atoms. The number of fused-ring (bicyclic) bond motifs is 2. The number of urea groups is 1. The summed E-state index contributed by atoms with van der Waals surface area (Å²) in [7, 11) is -3.54. The summed E-state index contributed by atoms with van der Waals surface area (Å²) in [6, 6.07) is -2.35. The molecule has 4 N–H and O–H groups in total. The smallest absolute Gasteiger partial charge is 0.315 e. The van der Waals surface area contributed by atoms with Gasteiger partial charge in [-0.2, -0.15) is 0 Å². The summed E-state index contributed by atoms with van der Waals surface area (Å²) in [6.07, 6.45) is 17.3. The third-order valence-corrected chi connectivity index (χ3v) is 17.0. The Morgan fingerprint density at radius 1 is 0.887 bits per heavy atom. The van der Waals surface area contributed by atoms with Crippen LogP contribution in [-0.4, -0.2) is 84.3 Å². The summed E-state index contributed by atoms with van der Waals surface area (Å²) in [4.78, 5) is 58.6. The standard InChI is InChI=1S/C41H67N5O6S/c1-6-23-42-32(47)25-29(24-28-13-14-28)43-35(48)33-30-15-20-40(21-22-40)31(30)26-46(33)36(49)34(39(5)16-9-7-10-17-39)44-37(50)45-41(18-11-8-12-19-41)27-53(51,52)38(2,3)4/h6,28-31,33-34H,1,7-27H2,2-5H3,(H,42,47)(H,43,48)(H2,44,45,50)/t29?,30-,31-,33-,34+/m0/s1. The van der Waals surface area contributed by atoms with Crippen molar-refractivity contribution in [3.63, 3.8) is 0 Å². The summed E-state index contributed by atoms with van der Waals surface area (Å²) in [6.45, 7) is 11.8. The van der Waals surface area contributed by atoms with E-state index < -0.39 is 43.7 Å². The van der Waals surface area contributed by atoms with E-state index in [9.17, 15) is 22.8 Å². The zero-order valence-corrected chi connectivity index (χ0v) is 33.7. The van der Waals surface area contributed by atoms with Crippen LogP contribution in [-0.2, 0) is 24.2 Å². The van der Waals surface area contributed by atoms with Gasteiger partial charge in [-0.25, -0.2) is 13.2 Å². The molecular formula is C41H67N5O6S. The zero-order chi connectivity index (χ0) is 38.2. The van der Waals surface area contributed by atoms with Crippen molar-refractivity contribution in [2.75, 3.05) is 18.8 Å². The second kappa shape index (κ2) is 15.5. The molecule has 0 aromatic carbocycles. The van der Waals surface area contributed by atoms with Gasteiger partial charge in [0.05, 0.1) is 16.0 Å². The van der Waals surface area contributed by atoms with Crippen molar-refractivity contribution < 1.29 is 27.6 Å². The van der Waals surface area contributed by atoms with E-state index in [0.29, 0.717) is 31.8 Å². The monoisotopic (exact) mass is 757 g/mol. The van der Waals surface area contributed by atoms with Gasteiger partial charge < -0.3 is 26.2 Å². The van der Waals surface area contributed by atoms with Crippen molar-refractivity contribution in [1.82, 2.24) is 26.2 Å². The highest BCUT2D eigenvalue weighted by Crippen LogP contribution is 2.66. The lowest BCUT2D eigenvalue weighted by molar-refractivity contribution is -0.144. The van der Waals surface area contributed by atoms with Crippen LogP contribution in [0, 0.1) is 28.6 Å². The molecule has 53 heavy (non-hydrogen) atoms. The van der Waals surface area contributed by atoms with Crippen LogP contribution in [0.5, 0.6) is 0 Å². The lowest BCUT2D eigenvalue weighted by atomic mass is 9.70. The Bertz CT molecular complexity index is 1500. The maximum atomic E-state index is 15.2. The number of rotatable bonds is 14. The number of hydrogen-bond acceptors (Lipinski definition) is 6. The molecule has 6 fully saturated rings. The third kappa shape index (κ3) is 8.93. The first kappa shape index (κ1) is 40.0. The first-order valence-corrected chi connectivity index (χ1v) is 22.5. The molecule has 0 aromatic heterocycles. The van der Waals surface area contributed by atoms with Gasteiger partial charge in [0.15, 0.2) is 9.84 Å². The molecule has 1 spiro atoms. The van der Waals surface area contributed by atoms with Crippen LogP contribution < -0.4 is 21.3 Å². The van der Waals surface area contributed by atoms with Crippen molar-refractivity contribution in [2.45, 2.75) is 172 Å². The highest BCUT2D eigenvalue weighted by molar-refractivity contribution is 7.92. The van der Waals surface area contributed by atoms with Crippen molar-refractivity contribution >= 4 is 33.6 Å². The molecule has 11 nitrogen and oxygen atoms in total. The molecule has 1 unspecified atom stereocenters. The summed E-state index contributed by atoms with van der Waals surface area (Å²) in [5, 5.41) is 12.4. The summed E-state index contributed by atoms with van der Waals surface area (Å²) >= 11 is 0. The minimum atomic E-state index is -3.54. The van der Waals surface area contributed by atoms with E-state index in [1.165, 1.54) is 0 Å². The zero-order valence-electron chi connectivity index (χ0n) is 32.9. The van der Waals surface area contributed by atoms with E-state index in [0.717, 1.165) is 96.3 Å². The van der Waals surface area contributed by atoms with Gasteiger partial charge in [0.2, 0.25) is 17.7 Å². The van der Waals surface area contributed by atoms with E-state index in [1.807, 2.05) is 0 Å². The maximum absolute atomic E-state index is 15.2. The topological polar surface area (TPSA) is 154 Å². The SMILES string of the molecule is C=CCNC(=O)CC(CC1CC1)NC(=O)[C@@H]1[C@H]2CCC3(CC3)[C@H]2CN1C(=O)[C@@H](NC(=O)NC1(CS(=O)(=O)C(C)(C)C)CCCCC1)C1(C)CCCCC1. The van der Waals surface area contributed by atoms with E-state index in [2.05, 4.69) is 34.8 Å². The molecule has 1 saturated heterocycles. The molecule has 5 aliphatic carbocycles. The molecule has 6 rings (SSSR count). The van der Waals surface area contributed by atoms with Crippen LogP contribution in [0.15, 0.2) is 12.7 Å². The van der Waals surface area contributed by atoms with Gasteiger partial charge in [-0.05, 0) is 107 Å². The number of amides is 5. The maximum Gasteiger partial charge on any atom is 0.315 e. The predicted octanol–water partition coefficient (Wildman–Crippen LogP) is 5.54. The van der Waals surface area contributed by atoms with Crippen molar-refractivity contribution in [3.05, 3.63) is 12.7 Å². The normalized spacial score (nSPS) is 28.3. The quantitative estimate of drug-likeness (QED) is 0.171. The second-order valence-electron chi connectivity index (χ2n) is 19.2. The highest BCUT2D eigenvalue weighted by atomic mass is 32.2. The highest BCUT2D eigenvalue weighted by Gasteiger charge is 2.64. The lowest BCUT2D eigenvalue weighted by Crippen LogP contribution is -2.64. The summed E-state index contributed by atoms with van der Waals surface area (Å²) < 4.78 is 26.1. The van der Waals surface area contributed by atoms with Crippen LogP contribution in [0.1, 0.15) is 143 Å². The number of carbonyl (C=O) groups is 4. The summed E-state index contributed by atoms with van der Waals surface area (Å²) in [5.41, 5.74) is -1.23. The van der Waals surface area contributed by atoms with Crippen molar-refractivity contribution in [3.8, 4) is 0 Å². The van der Waals surface area contributed by atoms with Crippen LogP contribution in [0.4, 0.5) is 4.79 Å². The first-order chi connectivity index (χ1) is 25.0. The lowest BCUT2D eigenvalue weighted by Gasteiger charge is -2.44. The van der Waals surface area contributed by atoms with Gasteiger partial charge in [-0.3, -0.25) is 14.4 Å². The van der Waals surface area contributed by atoms with Crippen molar-refractivity contribution in [1.29, 1.82) is 0 Å². The molecule has 0 aromatic rings. The fourth-order valence-electron chi connectivity index (χ4n) is 10.5. The average molecular weight is 758 g/mol. The first-order valence-electron chi connectivity index (χ1n) is 20.8. The molecule has 298 valence electrons. The van der Waals surface area contributed by atoms with Crippen molar-refractivity contribution in [2.24, 2.45) is 28.6 Å². The van der Waals surface area contributed by atoms with E-state index >= 15 is 4.79 Å². The van der Waals surface area contributed by atoms with Gasteiger partial charge in [0, 0.05) is 25.6 Å². The largest absolute Gasteiger partial charge is 0.353 e. The molecule has 6 aliphatic rings. The molecule has 1 aliphatic heterocycles. The molecule has 0 radical (unpaired) electrons. The molecule has 1 heterocycles. The summed E-state index contributed by atoms with van der Waals surface area (Å²) in [5.74, 6) is 0.111. The van der Waals surface area contributed by atoms with Crippen LogP contribution in [0.2, 0.25) is 0 Å². The Morgan fingerprint density at radius 2 is 1.53 bits per heavy atom. The van der Waals surface area contributed by atoms with Gasteiger partial charge in [0.25, 0.3) is 0 Å². The van der Waals surface area contributed by atoms with Gasteiger partial charge >= 0.3 is 6.03 Å². The van der Waals surface area contributed by atoms with Gasteiger partial charge in [-0.1, -0.05) is 64.4 Å². The van der Waals surface area contributed by atoms with Crippen LogP contribution in [0.25, 0.3) is 0 Å². The van der Waals surface area contributed by atoms with Gasteiger partial charge in [-0.15, -0.1) is 6.58 Å². The van der Waals surface area contributed by atoms with Gasteiger partial charge in [0.1, 0.15) is 12.1 Å². The number of carbonyl (C=O) groups excluding carboxylic acids is 4. The van der Waals surface area contributed by atoms with E-state index in [4.69, 9.17) is 0 Å². The average Bonchev–Trinajstić information content (AvgIpc) is 4.00. The Morgan fingerprint density at radius 3 is 2.11 bits per heavy atom. The number of likely N-dealkylation sites (tertiary alicyclic amines) is 1. The Balaban J connectivity index is 1.26. The fraction of sp³-hybridized carbons (Fsp3) is 0.854. The Kier molecular flexibility index (Phi) is 11.7. The fourth-order valence-corrected chi connectivity index (χ4v) is 12.0. The minimum Gasteiger partial charge on any atom is -0.353 e. The van der Waals surface area contributed by atoms with E-state index in [1.54, 1.807) is 31.7 Å². The number of sulfone groups is 1. The Hall–Kier alpha value is -2.63. The molecule has 5 atom stereocenters. The number of hydrogen-bond donors (Lipinski definition) is 4. The van der Waals surface area contributed by atoms with Crippen LogP contribution >= 0.6 is 0 Å². The Labute approximate surface area is 318 Å². The number of nitrogens with one attached hydrogen (secondary N) is 4. The number of nitrogens with zero attached hydrogens (tertiary/aromatic N) is 1.